The Kier molecular flexibility index (Phi) is 4.97. The van der Waals surface area contributed by atoms with Gasteiger partial charge < -0.3 is 10.2 Å². The predicted octanol–water partition coefficient (Wildman–Crippen LogP) is 1.10. The normalized spacial score (nSPS) is 17.3. The number of piperazine rings is 1. The number of carbonyl (C=O) groups is 1. The van der Waals surface area contributed by atoms with Crippen LogP contribution in [0.5, 0.6) is 0 Å². The molecule has 2 heterocycles. The summed E-state index contributed by atoms with van der Waals surface area (Å²) < 4.78 is 0. The van der Waals surface area contributed by atoms with Gasteiger partial charge in [0.1, 0.15) is 0 Å². The van der Waals surface area contributed by atoms with Gasteiger partial charge in [0.05, 0.1) is 12.2 Å². The van der Waals surface area contributed by atoms with E-state index in [0.29, 0.717) is 13.1 Å². The molecule has 1 atom stereocenters. The number of rotatable bonds is 3. The summed E-state index contributed by atoms with van der Waals surface area (Å²) >= 11 is 0. The van der Waals surface area contributed by atoms with Crippen LogP contribution in [0.4, 0.5) is 4.79 Å². The lowest BCUT2D eigenvalue weighted by Gasteiger charge is -2.37. The van der Waals surface area contributed by atoms with Gasteiger partial charge in [-0.3, -0.25) is 9.88 Å². The van der Waals surface area contributed by atoms with E-state index >= 15 is 0 Å². The zero-order valence-electron chi connectivity index (χ0n) is 11.7. The van der Waals surface area contributed by atoms with Crippen LogP contribution >= 0.6 is 0 Å². The second-order valence-electron chi connectivity index (χ2n) is 4.82. The maximum atomic E-state index is 11.8. The van der Waals surface area contributed by atoms with Gasteiger partial charge >= 0.3 is 6.03 Å². The Morgan fingerprint density at radius 1 is 1.45 bits per heavy atom. The molecule has 1 aliphatic heterocycles. The summed E-state index contributed by atoms with van der Waals surface area (Å²) in [6.45, 7) is 5.56. The van der Waals surface area contributed by atoms with E-state index in [1.54, 1.807) is 4.90 Å². The maximum absolute atomic E-state index is 11.8. The maximum Gasteiger partial charge on any atom is 0.318 e. The molecular weight excluding hydrogens is 252 g/mol. The Balaban J connectivity index is 1.85. The predicted molar refractivity (Wildman–Crippen MR) is 78.0 cm³/mol. The van der Waals surface area contributed by atoms with Crippen molar-refractivity contribution in [2.45, 2.75) is 13.0 Å². The van der Waals surface area contributed by atoms with Crippen molar-refractivity contribution >= 4 is 6.03 Å². The summed E-state index contributed by atoms with van der Waals surface area (Å²) in [5.41, 5.74) is 1.07. The highest BCUT2D eigenvalue weighted by atomic mass is 16.2. The molecule has 5 heteroatoms. The van der Waals surface area contributed by atoms with Crippen LogP contribution in [0.25, 0.3) is 0 Å². The largest absolute Gasteiger partial charge is 0.327 e. The number of terminal acetylenes is 1. The summed E-state index contributed by atoms with van der Waals surface area (Å²) in [4.78, 5) is 20.3. The van der Waals surface area contributed by atoms with Crippen LogP contribution in [0.1, 0.15) is 18.7 Å². The number of urea groups is 1. The Bertz CT molecular complexity index is 474. The van der Waals surface area contributed by atoms with Crippen LogP contribution in [-0.4, -0.2) is 53.5 Å². The fourth-order valence-electron chi connectivity index (χ4n) is 2.36. The number of hydrogen-bond donors (Lipinski definition) is 1. The van der Waals surface area contributed by atoms with Crippen molar-refractivity contribution in [1.29, 1.82) is 0 Å². The number of nitrogens with zero attached hydrogens (tertiary/aromatic N) is 3. The van der Waals surface area contributed by atoms with Crippen molar-refractivity contribution < 1.29 is 4.79 Å². The molecule has 0 aromatic carbocycles. The summed E-state index contributed by atoms with van der Waals surface area (Å²) in [6.07, 6.45) is 6.95. The molecule has 2 amide bonds. The van der Waals surface area contributed by atoms with E-state index in [-0.39, 0.29) is 18.6 Å². The third-order valence-electron chi connectivity index (χ3n) is 3.61. The van der Waals surface area contributed by atoms with E-state index in [1.165, 1.54) is 0 Å². The van der Waals surface area contributed by atoms with Gasteiger partial charge in [0.25, 0.3) is 0 Å². The molecule has 1 saturated heterocycles. The zero-order chi connectivity index (χ0) is 14.4. The molecule has 0 bridgehead atoms. The zero-order valence-corrected chi connectivity index (χ0v) is 11.7. The van der Waals surface area contributed by atoms with E-state index < -0.39 is 0 Å². The van der Waals surface area contributed by atoms with Crippen molar-refractivity contribution in [2.24, 2.45) is 0 Å². The Morgan fingerprint density at radius 3 is 2.80 bits per heavy atom. The lowest BCUT2D eigenvalue weighted by molar-refractivity contribution is 0.113. The van der Waals surface area contributed by atoms with Crippen LogP contribution in [0.2, 0.25) is 0 Å². The minimum Gasteiger partial charge on any atom is -0.327 e. The smallest absolute Gasteiger partial charge is 0.318 e. The van der Waals surface area contributed by atoms with Gasteiger partial charge in [-0.25, -0.2) is 4.79 Å². The first-order valence-electron chi connectivity index (χ1n) is 6.83. The molecular formula is C15H20N4O. The molecule has 1 N–H and O–H groups in total. The lowest BCUT2D eigenvalue weighted by Crippen LogP contribution is -2.52. The van der Waals surface area contributed by atoms with Gasteiger partial charge in [0, 0.05) is 38.4 Å². The van der Waals surface area contributed by atoms with E-state index in [4.69, 9.17) is 6.42 Å². The number of nitrogens with one attached hydrogen (secondary N) is 1. The molecule has 106 valence electrons. The summed E-state index contributed by atoms with van der Waals surface area (Å²) in [6, 6.07) is 6.16. The first-order valence-corrected chi connectivity index (χ1v) is 6.83. The van der Waals surface area contributed by atoms with Crippen LogP contribution in [0, 0.1) is 12.3 Å². The van der Waals surface area contributed by atoms with Crippen molar-refractivity contribution in [1.82, 2.24) is 20.1 Å². The standard InChI is InChI=1S/C15H20N4O/c1-3-7-17-15(20)19-11-9-18(10-12-19)13(2)14-6-4-5-8-16-14/h1,4-6,8,13H,7,9-12H2,2H3,(H,17,20)/t13-/m1/s1. The molecule has 1 aromatic rings. The molecule has 1 aliphatic rings. The second-order valence-corrected chi connectivity index (χ2v) is 4.82. The van der Waals surface area contributed by atoms with E-state index in [0.717, 1.165) is 18.8 Å². The third-order valence-corrected chi connectivity index (χ3v) is 3.61. The molecule has 1 fully saturated rings. The van der Waals surface area contributed by atoms with Gasteiger partial charge in [-0.2, -0.15) is 0 Å². The minimum atomic E-state index is -0.0758. The fraction of sp³-hybridized carbons (Fsp3) is 0.467. The molecule has 0 radical (unpaired) electrons. The van der Waals surface area contributed by atoms with Gasteiger partial charge in [-0.15, -0.1) is 6.42 Å². The second kappa shape index (κ2) is 6.92. The first-order chi connectivity index (χ1) is 9.72. The van der Waals surface area contributed by atoms with Gasteiger partial charge in [-0.1, -0.05) is 12.0 Å². The number of hydrogen-bond acceptors (Lipinski definition) is 3. The molecule has 1 aromatic heterocycles. The van der Waals surface area contributed by atoms with Crippen LogP contribution < -0.4 is 5.32 Å². The SMILES string of the molecule is C#CCNC(=O)N1CCN([C@H](C)c2ccccn2)CC1. The van der Waals surface area contributed by atoms with Gasteiger partial charge in [-0.05, 0) is 19.1 Å². The number of aromatic nitrogens is 1. The molecule has 0 spiro atoms. The van der Waals surface area contributed by atoms with Gasteiger partial charge in [0.15, 0.2) is 0 Å². The van der Waals surface area contributed by atoms with E-state index in [1.807, 2.05) is 24.4 Å². The van der Waals surface area contributed by atoms with Crippen LogP contribution in [0.15, 0.2) is 24.4 Å². The van der Waals surface area contributed by atoms with Crippen molar-refractivity contribution in [3.05, 3.63) is 30.1 Å². The number of carbonyl (C=O) groups excluding carboxylic acids is 1. The molecule has 2 rings (SSSR count). The Labute approximate surface area is 120 Å². The quantitative estimate of drug-likeness (QED) is 0.838. The average molecular weight is 272 g/mol. The number of pyridine rings is 1. The third kappa shape index (κ3) is 3.49. The highest BCUT2D eigenvalue weighted by Gasteiger charge is 2.24. The molecule has 5 nitrogen and oxygen atoms in total. The molecule has 0 unspecified atom stereocenters. The number of amides is 2. The molecule has 20 heavy (non-hydrogen) atoms. The van der Waals surface area contributed by atoms with Crippen LogP contribution in [0.3, 0.4) is 0 Å². The molecule has 0 aliphatic carbocycles. The summed E-state index contributed by atoms with van der Waals surface area (Å²) in [7, 11) is 0. The van der Waals surface area contributed by atoms with E-state index in [2.05, 4.69) is 28.0 Å². The van der Waals surface area contributed by atoms with Crippen molar-refractivity contribution in [3.63, 3.8) is 0 Å². The highest BCUT2D eigenvalue weighted by molar-refractivity contribution is 5.74. The Morgan fingerprint density at radius 2 is 2.20 bits per heavy atom. The minimum absolute atomic E-state index is 0.0758. The first kappa shape index (κ1) is 14.4. The van der Waals surface area contributed by atoms with Crippen LogP contribution in [-0.2, 0) is 0 Å². The van der Waals surface area contributed by atoms with Gasteiger partial charge in [0.2, 0.25) is 0 Å². The fourth-order valence-corrected chi connectivity index (χ4v) is 2.36. The average Bonchev–Trinajstić information content (AvgIpc) is 2.53. The summed E-state index contributed by atoms with van der Waals surface area (Å²) in [5.74, 6) is 2.41. The van der Waals surface area contributed by atoms with Crippen molar-refractivity contribution in [3.8, 4) is 12.3 Å². The molecule has 0 saturated carbocycles. The van der Waals surface area contributed by atoms with Crippen molar-refractivity contribution in [2.75, 3.05) is 32.7 Å². The van der Waals surface area contributed by atoms with E-state index in [9.17, 15) is 4.79 Å². The Hall–Kier alpha value is -2.06. The topological polar surface area (TPSA) is 48.5 Å². The highest BCUT2D eigenvalue weighted by Crippen LogP contribution is 2.19. The lowest BCUT2D eigenvalue weighted by atomic mass is 10.1. The summed E-state index contributed by atoms with van der Waals surface area (Å²) in [5, 5.41) is 2.70. The monoisotopic (exact) mass is 272 g/mol.